The third kappa shape index (κ3) is 2.31. The van der Waals surface area contributed by atoms with Crippen molar-refractivity contribution in [3.63, 3.8) is 0 Å². The standard InChI is InChI=1S/C15H16N2O4S/c1-15(2)6-8(18)11-9(7-15)21-14(16)13(17(19)20)12(11)10-4-3-5-22-10/h3-5,12H,6-7,16H2,1-2H3/t12-/m1/s1. The fraction of sp³-hybridized carbons (Fsp3) is 0.400. The Morgan fingerprint density at radius 1 is 1.45 bits per heavy atom. The molecule has 3 rings (SSSR count). The van der Waals surface area contributed by atoms with Gasteiger partial charge in [-0.05, 0) is 16.9 Å². The molecule has 22 heavy (non-hydrogen) atoms. The van der Waals surface area contributed by atoms with Gasteiger partial charge in [-0.3, -0.25) is 14.9 Å². The van der Waals surface area contributed by atoms with E-state index < -0.39 is 10.8 Å². The SMILES string of the molecule is CC1(C)CC(=O)C2=C(C1)OC(N)=C([N+](=O)[O-])[C@@H]2c1cccs1. The summed E-state index contributed by atoms with van der Waals surface area (Å²) in [6.07, 6.45) is 0.892. The van der Waals surface area contributed by atoms with Crippen LogP contribution < -0.4 is 5.73 Å². The Kier molecular flexibility index (Phi) is 3.32. The highest BCUT2D eigenvalue weighted by atomic mass is 32.1. The molecule has 1 aliphatic heterocycles. The third-order valence-corrected chi connectivity index (χ3v) is 4.89. The molecule has 0 aromatic carbocycles. The highest BCUT2D eigenvalue weighted by molar-refractivity contribution is 7.10. The van der Waals surface area contributed by atoms with E-state index in [0.717, 1.165) is 4.88 Å². The number of thiophene rings is 1. The number of nitro groups is 1. The highest BCUT2D eigenvalue weighted by Gasteiger charge is 2.47. The molecule has 0 fully saturated rings. The summed E-state index contributed by atoms with van der Waals surface area (Å²) in [6.45, 7) is 3.95. The normalized spacial score (nSPS) is 24.1. The van der Waals surface area contributed by atoms with Gasteiger partial charge in [-0.25, -0.2) is 0 Å². The van der Waals surface area contributed by atoms with Gasteiger partial charge in [0, 0.05) is 17.7 Å². The number of rotatable bonds is 2. The number of carbonyl (C=O) groups is 1. The van der Waals surface area contributed by atoms with Crippen LogP contribution in [0.15, 0.2) is 40.4 Å². The summed E-state index contributed by atoms with van der Waals surface area (Å²) in [5.74, 6) is -0.575. The maximum Gasteiger partial charge on any atom is 0.318 e. The molecule has 1 aromatic heterocycles. The van der Waals surface area contributed by atoms with E-state index in [1.807, 2.05) is 19.2 Å². The number of hydrogen-bond acceptors (Lipinski definition) is 6. The summed E-state index contributed by atoms with van der Waals surface area (Å²) in [5, 5.41) is 13.3. The average Bonchev–Trinajstić information content (AvgIpc) is 2.88. The van der Waals surface area contributed by atoms with Gasteiger partial charge in [0.05, 0.1) is 10.5 Å². The first-order valence-corrected chi connectivity index (χ1v) is 7.79. The number of carbonyl (C=O) groups excluding carboxylic acids is 1. The highest BCUT2D eigenvalue weighted by Crippen LogP contribution is 2.48. The zero-order chi connectivity index (χ0) is 16.1. The number of ketones is 1. The lowest BCUT2D eigenvalue weighted by molar-refractivity contribution is -0.433. The molecular weight excluding hydrogens is 304 g/mol. The van der Waals surface area contributed by atoms with E-state index in [-0.39, 0.29) is 22.8 Å². The van der Waals surface area contributed by atoms with Crippen molar-refractivity contribution in [3.05, 3.63) is 55.4 Å². The Balaban J connectivity index is 2.18. The first-order chi connectivity index (χ1) is 10.3. The molecule has 0 spiro atoms. The van der Waals surface area contributed by atoms with Gasteiger partial charge in [0.1, 0.15) is 11.7 Å². The number of allylic oxidation sites excluding steroid dienone is 2. The Morgan fingerprint density at radius 3 is 2.77 bits per heavy atom. The summed E-state index contributed by atoms with van der Waals surface area (Å²) in [5.41, 5.74) is 5.71. The molecule has 1 aliphatic carbocycles. The maximum atomic E-state index is 12.6. The molecule has 2 aliphatic rings. The second kappa shape index (κ2) is 4.95. The van der Waals surface area contributed by atoms with E-state index in [4.69, 9.17) is 10.5 Å². The topological polar surface area (TPSA) is 95.5 Å². The van der Waals surface area contributed by atoms with E-state index in [2.05, 4.69) is 0 Å². The quantitative estimate of drug-likeness (QED) is 0.667. The lowest BCUT2D eigenvalue weighted by Gasteiger charge is -2.35. The summed E-state index contributed by atoms with van der Waals surface area (Å²) in [7, 11) is 0. The van der Waals surface area contributed by atoms with E-state index in [1.54, 1.807) is 12.1 Å². The second-order valence-corrected chi connectivity index (χ2v) is 7.31. The third-order valence-electron chi connectivity index (χ3n) is 3.95. The van der Waals surface area contributed by atoms with Gasteiger partial charge >= 0.3 is 5.70 Å². The minimum Gasteiger partial charge on any atom is -0.440 e. The van der Waals surface area contributed by atoms with Gasteiger partial charge in [-0.15, -0.1) is 11.3 Å². The van der Waals surface area contributed by atoms with Crippen LogP contribution in [0.25, 0.3) is 0 Å². The van der Waals surface area contributed by atoms with Gasteiger partial charge < -0.3 is 10.5 Å². The van der Waals surface area contributed by atoms with Crippen molar-refractivity contribution >= 4 is 17.1 Å². The Morgan fingerprint density at radius 2 is 2.18 bits per heavy atom. The minimum absolute atomic E-state index is 0.100. The molecule has 7 heteroatoms. The molecule has 116 valence electrons. The fourth-order valence-electron chi connectivity index (χ4n) is 3.08. The van der Waals surface area contributed by atoms with Crippen molar-refractivity contribution in [2.45, 2.75) is 32.6 Å². The average molecular weight is 320 g/mol. The molecule has 0 saturated carbocycles. The second-order valence-electron chi connectivity index (χ2n) is 6.33. The van der Waals surface area contributed by atoms with E-state index >= 15 is 0 Å². The Hall–Kier alpha value is -2.15. The van der Waals surface area contributed by atoms with Crippen molar-refractivity contribution in [2.75, 3.05) is 0 Å². The van der Waals surface area contributed by atoms with Crippen molar-refractivity contribution in [1.29, 1.82) is 0 Å². The van der Waals surface area contributed by atoms with E-state index in [1.165, 1.54) is 11.3 Å². The van der Waals surface area contributed by atoms with Crippen LogP contribution in [0.2, 0.25) is 0 Å². The van der Waals surface area contributed by atoms with Gasteiger partial charge in [-0.2, -0.15) is 0 Å². The van der Waals surface area contributed by atoms with Crippen LogP contribution in [0.3, 0.4) is 0 Å². The summed E-state index contributed by atoms with van der Waals surface area (Å²) in [4.78, 5) is 24.2. The maximum absolute atomic E-state index is 12.6. The molecule has 0 saturated heterocycles. The summed E-state index contributed by atoms with van der Waals surface area (Å²) >= 11 is 1.37. The predicted octanol–water partition coefficient (Wildman–Crippen LogP) is 2.91. The number of Topliss-reactive ketones (excluding diaryl/α,β-unsaturated/α-hetero) is 1. The summed E-state index contributed by atoms with van der Waals surface area (Å²) < 4.78 is 5.48. The van der Waals surface area contributed by atoms with Crippen molar-refractivity contribution in [3.8, 4) is 0 Å². The van der Waals surface area contributed by atoms with Crippen LogP contribution in [0.5, 0.6) is 0 Å². The van der Waals surface area contributed by atoms with Crippen LogP contribution in [-0.2, 0) is 9.53 Å². The van der Waals surface area contributed by atoms with Crippen molar-refractivity contribution in [1.82, 2.24) is 0 Å². The largest absolute Gasteiger partial charge is 0.440 e. The molecule has 1 atom stereocenters. The first kappa shape index (κ1) is 14.8. The van der Waals surface area contributed by atoms with Gasteiger partial charge in [0.2, 0.25) is 0 Å². The lowest BCUT2D eigenvalue weighted by atomic mass is 9.72. The summed E-state index contributed by atoms with van der Waals surface area (Å²) in [6, 6.07) is 3.59. The predicted molar refractivity (Wildman–Crippen MR) is 81.4 cm³/mol. The zero-order valence-electron chi connectivity index (χ0n) is 12.3. The molecule has 2 N–H and O–H groups in total. The minimum atomic E-state index is -0.734. The Bertz CT molecular complexity index is 716. The molecule has 0 bridgehead atoms. The van der Waals surface area contributed by atoms with Crippen LogP contribution in [0.4, 0.5) is 0 Å². The number of hydrogen-bond donors (Lipinski definition) is 1. The molecule has 0 radical (unpaired) electrons. The molecular formula is C15H16N2O4S. The molecule has 1 aromatic rings. The van der Waals surface area contributed by atoms with Crippen molar-refractivity contribution in [2.24, 2.45) is 11.1 Å². The van der Waals surface area contributed by atoms with Gasteiger partial charge in [-0.1, -0.05) is 19.9 Å². The molecule has 6 nitrogen and oxygen atoms in total. The van der Waals surface area contributed by atoms with Crippen LogP contribution in [0, 0.1) is 15.5 Å². The smallest absolute Gasteiger partial charge is 0.318 e. The van der Waals surface area contributed by atoms with E-state index in [9.17, 15) is 14.9 Å². The van der Waals surface area contributed by atoms with E-state index in [0.29, 0.717) is 24.2 Å². The fourth-order valence-corrected chi connectivity index (χ4v) is 3.92. The lowest BCUT2D eigenvalue weighted by Crippen LogP contribution is -2.35. The molecule has 0 unspecified atom stereocenters. The van der Waals surface area contributed by atoms with Gasteiger partial charge in [0.25, 0.3) is 5.88 Å². The zero-order valence-corrected chi connectivity index (χ0v) is 13.1. The Labute approximate surface area is 131 Å². The monoisotopic (exact) mass is 320 g/mol. The van der Waals surface area contributed by atoms with Crippen molar-refractivity contribution < 1.29 is 14.5 Å². The van der Waals surface area contributed by atoms with Crippen LogP contribution in [-0.4, -0.2) is 10.7 Å². The van der Waals surface area contributed by atoms with Crippen LogP contribution in [0.1, 0.15) is 37.5 Å². The number of nitrogens with two attached hydrogens (primary N) is 1. The van der Waals surface area contributed by atoms with Gasteiger partial charge in [0.15, 0.2) is 5.78 Å². The van der Waals surface area contributed by atoms with Crippen LogP contribution >= 0.6 is 11.3 Å². The number of nitrogens with zero attached hydrogens (tertiary/aromatic N) is 1. The number of ether oxygens (including phenoxy) is 1. The molecule has 2 heterocycles. The molecule has 0 amide bonds. The first-order valence-electron chi connectivity index (χ1n) is 6.92.